The van der Waals surface area contributed by atoms with Gasteiger partial charge in [0.25, 0.3) is 17.7 Å². The van der Waals surface area contributed by atoms with Crippen molar-refractivity contribution in [2.24, 2.45) is 16.7 Å². The standard InChI is InChI=1S/C45H49ClN6O7/c1-44(2)42(45(3,4)43(44)59-31-11-7-28(23-47)35(46)22-31)49-38(54)27-5-8-29(9-6-27)51-20-17-32(24-51)58-25-26-15-18-50(19-16-26)30-10-12-33-34(21-30)41(57)52(40(33)56)36-13-14-37(53)48-39(36)55/h5-12,21-22,26,32,36,42-43H,13-20,24-25H2,1-4H3,(H,49,54)(H,48,53,55)/t32-,36-,42?,43?/m1/s1. The number of benzene rings is 3. The Labute approximate surface area is 348 Å². The van der Waals surface area contributed by atoms with Crippen LogP contribution in [0.4, 0.5) is 11.4 Å². The minimum Gasteiger partial charge on any atom is -0.489 e. The fraction of sp³-hybridized carbons (Fsp3) is 0.467. The average Bonchev–Trinajstić information content (AvgIpc) is 3.80. The largest absolute Gasteiger partial charge is 0.489 e. The van der Waals surface area contributed by atoms with Crippen molar-refractivity contribution in [3.05, 3.63) is 87.9 Å². The van der Waals surface area contributed by atoms with Crippen molar-refractivity contribution in [2.45, 2.75) is 84.1 Å². The van der Waals surface area contributed by atoms with Crippen LogP contribution in [0.3, 0.4) is 0 Å². The second kappa shape index (κ2) is 15.6. The predicted octanol–water partition coefficient (Wildman–Crippen LogP) is 5.74. The number of halogens is 1. The number of rotatable bonds is 10. The number of nitriles is 1. The van der Waals surface area contributed by atoms with Crippen LogP contribution in [0.5, 0.6) is 5.75 Å². The van der Waals surface area contributed by atoms with Gasteiger partial charge in [0, 0.05) is 79.1 Å². The summed E-state index contributed by atoms with van der Waals surface area (Å²) < 4.78 is 12.8. The van der Waals surface area contributed by atoms with E-state index in [-0.39, 0.29) is 53.4 Å². The van der Waals surface area contributed by atoms with E-state index >= 15 is 0 Å². The maximum absolute atomic E-state index is 13.5. The molecule has 8 rings (SSSR count). The average molecular weight is 821 g/mol. The van der Waals surface area contributed by atoms with Gasteiger partial charge in [0.1, 0.15) is 24.0 Å². The fourth-order valence-corrected chi connectivity index (χ4v) is 10.2. The van der Waals surface area contributed by atoms with Crippen molar-refractivity contribution in [3.8, 4) is 11.8 Å². The number of anilines is 2. The quantitative estimate of drug-likeness (QED) is 0.242. The third-order valence-electron chi connectivity index (χ3n) is 13.0. The van der Waals surface area contributed by atoms with Crippen molar-refractivity contribution in [1.82, 2.24) is 15.5 Å². The number of hydrogen-bond donors (Lipinski definition) is 2. The van der Waals surface area contributed by atoms with Gasteiger partial charge in [0.15, 0.2) is 0 Å². The van der Waals surface area contributed by atoms with Gasteiger partial charge in [-0.1, -0.05) is 39.3 Å². The second-order valence-corrected chi connectivity index (χ2v) is 18.1. The third kappa shape index (κ3) is 7.53. The number of carbonyl (C=O) groups excluding carboxylic acids is 5. The molecule has 0 unspecified atom stereocenters. The number of ether oxygens (including phenoxy) is 2. The lowest BCUT2D eigenvalue weighted by Gasteiger charge is -2.63. The van der Waals surface area contributed by atoms with Crippen molar-refractivity contribution >= 4 is 52.5 Å². The molecule has 5 aliphatic rings. The normalized spacial score (nSPS) is 25.0. The Bertz CT molecular complexity index is 2230. The minimum absolute atomic E-state index is 0.0845. The summed E-state index contributed by atoms with van der Waals surface area (Å²) in [7, 11) is 0. The molecule has 3 aromatic rings. The van der Waals surface area contributed by atoms with Crippen LogP contribution in [0.25, 0.3) is 0 Å². The van der Waals surface area contributed by atoms with Crippen molar-refractivity contribution in [2.75, 3.05) is 42.6 Å². The molecule has 2 N–H and O–H groups in total. The van der Waals surface area contributed by atoms with Gasteiger partial charge in [-0.15, -0.1) is 0 Å². The van der Waals surface area contributed by atoms with E-state index in [1.54, 1.807) is 30.3 Å². The first kappa shape index (κ1) is 40.3. The Morgan fingerprint density at radius 2 is 1.54 bits per heavy atom. The maximum Gasteiger partial charge on any atom is 0.262 e. The zero-order valence-corrected chi connectivity index (χ0v) is 34.5. The highest BCUT2D eigenvalue weighted by molar-refractivity contribution is 6.31. The zero-order valence-electron chi connectivity index (χ0n) is 33.8. The Morgan fingerprint density at radius 1 is 0.864 bits per heavy atom. The van der Waals surface area contributed by atoms with Gasteiger partial charge >= 0.3 is 0 Å². The first-order chi connectivity index (χ1) is 28.1. The van der Waals surface area contributed by atoms with Gasteiger partial charge in [-0.2, -0.15) is 5.26 Å². The molecule has 0 radical (unpaired) electrons. The summed E-state index contributed by atoms with van der Waals surface area (Å²) in [6, 6.07) is 19.1. The molecule has 5 amide bonds. The molecule has 14 heteroatoms. The Hall–Kier alpha value is -5.45. The van der Waals surface area contributed by atoms with Crippen LogP contribution in [0.15, 0.2) is 60.7 Å². The summed E-state index contributed by atoms with van der Waals surface area (Å²) in [6.07, 6.45) is 2.92. The number of nitrogens with one attached hydrogen (secondary N) is 2. The lowest BCUT2D eigenvalue weighted by molar-refractivity contribution is -0.164. The van der Waals surface area contributed by atoms with Crippen molar-refractivity contribution < 1.29 is 33.4 Å². The Balaban J connectivity index is 0.787. The minimum atomic E-state index is -0.982. The first-order valence-corrected chi connectivity index (χ1v) is 20.8. The third-order valence-corrected chi connectivity index (χ3v) is 13.4. The van der Waals surface area contributed by atoms with E-state index in [9.17, 15) is 29.2 Å². The molecule has 0 spiro atoms. The molecular weight excluding hydrogens is 772 g/mol. The number of piperidine rings is 2. The van der Waals surface area contributed by atoms with E-state index in [0.717, 1.165) is 61.7 Å². The van der Waals surface area contributed by atoms with Gasteiger partial charge in [0.2, 0.25) is 11.8 Å². The van der Waals surface area contributed by atoms with E-state index in [2.05, 4.69) is 54.2 Å². The molecule has 0 aromatic heterocycles. The summed E-state index contributed by atoms with van der Waals surface area (Å²) in [6.45, 7) is 12.2. The molecule has 3 saturated heterocycles. The molecule has 4 aliphatic heterocycles. The second-order valence-electron chi connectivity index (χ2n) is 17.6. The van der Waals surface area contributed by atoms with Crippen LogP contribution in [0, 0.1) is 28.1 Å². The van der Waals surface area contributed by atoms with Gasteiger partial charge in [-0.3, -0.25) is 34.2 Å². The van der Waals surface area contributed by atoms with E-state index in [0.29, 0.717) is 40.0 Å². The van der Waals surface area contributed by atoms with Crippen molar-refractivity contribution in [3.63, 3.8) is 0 Å². The van der Waals surface area contributed by atoms with Crippen LogP contribution in [-0.4, -0.2) is 91.5 Å². The molecule has 1 aliphatic carbocycles. The monoisotopic (exact) mass is 820 g/mol. The molecule has 59 heavy (non-hydrogen) atoms. The first-order valence-electron chi connectivity index (χ1n) is 20.4. The summed E-state index contributed by atoms with van der Waals surface area (Å²) >= 11 is 6.25. The number of amides is 5. The van der Waals surface area contributed by atoms with Crippen LogP contribution >= 0.6 is 11.6 Å². The van der Waals surface area contributed by atoms with Gasteiger partial charge in [0.05, 0.1) is 27.8 Å². The lowest BCUT2D eigenvalue weighted by Crippen LogP contribution is -2.74. The Morgan fingerprint density at radius 3 is 2.22 bits per heavy atom. The summed E-state index contributed by atoms with van der Waals surface area (Å²) in [5.41, 5.74) is 2.76. The van der Waals surface area contributed by atoms with Crippen LogP contribution < -0.4 is 25.2 Å². The number of imide groups is 2. The molecule has 308 valence electrons. The van der Waals surface area contributed by atoms with E-state index in [1.165, 1.54) is 0 Å². The van der Waals surface area contributed by atoms with E-state index in [4.69, 9.17) is 21.1 Å². The number of nitrogens with zero attached hydrogens (tertiary/aromatic N) is 4. The SMILES string of the molecule is CC1(C)C(NC(=O)c2ccc(N3CC[C@@H](OCC4CCN(c5ccc6c(c5)C(=O)N([C@@H]5CCC(=O)NC5=O)C6=O)CC4)C3)cc2)C(C)(C)C1Oc1ccc(C#N)c(Cl)c1. The maximum atomic E-state index is 13.5. The van der Waals surface area contributed by atoms with Crippen LogP contribution in [0.1, 0.15) is 96.4 Å². The molecule has 13 nitrogen and oxygen atoms in total. The molecule has 0 bridgehead atoms. The molecular formula is C45H49ClN6O7. The fourth-order valence-electron chi connectivity index (χ4n) is 10.0. The highest BCUT2D eigenvalue weighted by Crippen LogP contribution is 2.55. The van der Waals surface area contributed by atoms with Gasteiger partial charge < -0.3 is 24.6 Å². The highest BCUT2D eigenvalue weighted by Gasteiger charge is 2.64. The smallest absolute Gasteiger partial charge is 0.262 e. The lowest BCUT2D eigenvalue weighted by atomic mass is 9.49. The molecule has 2 atom stereocenters. The van der Waals surface area contributed by atoms with E-state index in [1.807, 2.05) is 30.3 Å². The van der Waals surface area contributed by atoms with Gasteiger partial charge in [-0.05, 0) is 86.2 Å². The van der Waals surface area contributed by atoms with E-state index < -0.39 is 29.7 Å². The summed E-state index contributed by atoms with van der Waals surface area (Å²) in [4.78, 5) is 69.5. The summed E-state index contributed by atoms with van der Waals surface area (Å²) in [5, 5.41) is 15.1. The van der Waals surface area contributed by atoms with Crippen LogP contribution in [0.2, 0.25) is 5.02 Å². The number of fused-ring (bicyclic) bond motifs is 1. The number of hydrogen-bond acceptors (Lipinski definition) is 10. The molecule has 4 fully saturated rings. The van der Waals surface area contributed by atoms with Gasteiger partial charge in [-0.25, -0.2) is 0 Å². The Kier molecular flexibility index (Phi) is 10.7. The molecule has 4 heterocycles. The molecule has 3 aromatic carbocycles. The molecule has 1 saturated carbocycles. The predicted molar refractivity (Wildman–Crippen MR) is 220 cm³/mol. The van der Waals surface area contributed by atoms with Crippen molar-refractivity contribution in [1.29, 1.82) is 5.26 Å². The summed E-state index contributed by atoms with van der Waals surface area (Å²) in [5.74, 6) is -1.15. The van der Waals surface area contributed by atoms with Crippen LogP contribution in [-0.2, 0) is 14.3 Å². The highest BCUT2D eigenvalue weighted by atomic mass is 35.5. The zero-order chi connectivity index (χ0) is 41.8. The number of carbonyl (C=O) groups is 5. The topological polar surface area (TPSA) is 161 Å².